The number of anilines is 1. The van der Waals surface area contributed by atoms with Gasteiger partial charge in [0.25, 0.3) is 0 Å². The van der Waals surface area contributed by atoms with E-state index in [0.29, 0.717) is 18.2 Å². The van der Waals surface area contributed by atoms with Crippen molar-refractivity contribution in [3.63, 3.8) is 0 Å². The summed E-state index contributed by atoms with van der Waals surface area (Å²) < 4.78 is 18.1. The van der Waals surface area contributed by atoms with Gasteiger partial charge < -0.3 is 20.1 Å². The van der Waals surface area contributed by atoms with Gasteiger partial charge in [0.15, 0.2) is 5.96 Å². The van der Waals surface area contributed by atoms with Crippen molar-refractivity contribution >= 4 is 17.6 Å². The monoisotopic (exact) mass is 388 g/mol. The topological polar surface area (TPSA) is 86.0 Å². The molecular formula is C19H25FN6O2. The van der Waals surface area contributed by atoms with Gasteiger partial charge in [0.05, 0.1) is 5.69 Å². The molecule has 1 saturated heterocycles. The van der Waals surface area contributed by atoms with Crippen LogP contribution in [0.5, 0.6) is 0 Å². The van der Waals surface area contributed by atoms with Crippen molar-refractivity contribution in [3.8, 4) is 0 Å². The molecule has 1 aliphatic heterocycles. The molecule has 0 bridgehead atoms. The summed E-state index contributed by atoms with van der Waals surface area (Å²) in [5, 5.41) is 9.84. The molecule has 1 aromatic carbocycles. The second kappa shape index (κ2) is 9.84. The molecule has 0 spiro atoms. The minimum atomic E-state index is -0.391. The van der Waals surface area contributed by atoms with Crippen molar-refractivity contribution in [1.82, 2.24) is 20.3 Å². The van der Waals surface area contributed by atoms with Crippen molar-refractivity contribution in [3.05, 3.63) is 48.1 Å². The molecule has 1 aliphatic rings. The lowest BCUT2D eigenvalue weighted by atomic mass is 10.3. The van der Waals surface area contributed by atoms with E-state index in [1.165, 1.54) is 12.1 Å². The maximum Gasteiger partial charge on any atom is 0.246 e. The van der Waals surface area contributed by atoms with Crippen molar-refractivity contribution in [2.45, 2.75) is 13.5 Å². The van der Waals surface area contributed by atoms with Gasteiger partial charge in [0.1, 0.15) is 18.6 Å². The molecule has 0 radical (unpaired) electrons. The second-order valence-electron chi connectivity index (χ2n) is 6.48. The summed E-state index contributed by atoms with van der Waals surface area (Å²) in [4.78, 5) is 21.0. The lowest BCUT2D eigenvalue weighted by molar-refractivity contribution is -0.114. The minimum absolute atomic E-state index is 0.0298. The molecular weight excluding hydrogens is 363 g/mol. The summed E-state index contributed by atoms with van der Waals surface area (Å²) in [5.41, 5.74) is 1.34. The van der Waals surface area contributed by atoms with E-state index >= 15 is 0 Å². The zero-order valence-corrected chi connectivity index (χ0v) is 15.9. The van der Waals surface area contributed by atoms with E-state index in [1.54, 1.807) is 18.4 Å². The van der Waals surface area contributed by atoms with Gasteiger partial charge in [0.2, 0.25) is 5.91 Å². The molecule has 1 aromatic heterocycles. The van der Waals surface area contributed by atoms with Gasteiger partial charge in [-0.15, -0.1) is 0 Å². The van der Waals surface area contributed by atoms with E-state index in [9.17, 15) is 9.18 Å². The highest BCUT2D eigenvalue weighted by atomic mass is 19.1. The SMILES string of the molecule is CCNC(=NCC(=O)Nc1cccc(F)c1)N1CCN(Cc2ccon2)CC1. The number of benzene rings is 1. The van der Waals surface area contributed by atoms with Crippen LogP contribution in [0.15, 0.2) is 46.1 Å². The molecule has 0 saturated carbocycles. The van der Waals surface area contributed by atoms with Gasteiger partial charge in [-0.2, -0.15) is 0 Å². The Hall–Kier alpha value is -2.94. The first-order chi connectivity index (χ1) is 13.6. The number of carbonyl (C=O) groups excluding carboxylic acids is 1. The fraction of sp³-hybridized carbons (Fsp3) is 0.421. The maximum atomic E-state index is 13.2. The predicted molar refractivity (Wildman–Crippen MR) is 104 cm³/mol. The minimum Gasteiger partial charge on any atom is -0.364 e. The molecule has 2 aromatic rings. The van der Waals surface area contributed by atoms with Crippen molar-refractivity contribution in [2.24, 2.45) is 4.99 Å². The number of aliphatic imine (C=N–C) groups is 1. The molecule has 0 unspecified atom stereocenters. The Balaban J connectivity index is 1.51. The first kappa shape index (κ1) is 19.8. The molecule has 150 valence electrons. The third-order valence-corrected chi connectivity index (χ3v) is 4.36. The summed E-state index contributed by atoms with van der Waals surface area (Å²) in [5.74, 6) is 0.0294. The molecule has 0 aliphatic carbocycles. The first-order valence-corrected chi connectivity index (χ1v) is 9.34. The normalized spacial score (nSPS) is 15.5. The van der Waals surface area contributed by atoms with E-state index in [0.717, 1.165) is 38.4 Å². The summed E-state index contributed by atoms with van der Waals surface area (Å²) in [6.45, 7) is 6.77. The molecule has 8 nitrogen and oxygen atoms in total. The number of carbonyl (C=O) groups is 1. The van der Waals surface area contributed by atoms with Gasteiger partial charge >= 0.3 is 0 Å². The highest BCUT2D eigenvalue weighted by molar-refractivity contribution is 5.94. The quantitative estimate of drug-likeness (QED) is 0.577. The highest BCUT2D eigenvalue weighted by Crippen LogP contribution is 2.09. The summed E-state index contributed by atoms with van der Waals surface area (Å²) in [6.07, 6.45) is 1.58. The number of hydrogen-bond acceptors (Lipinski definition) is 5. The van der Waals surface area contributed by atoms with Crippen LogP contribution >= 0.6 is 0 Å². The summed E-state index contributed by atoms with van der Waals surface area (Å²) >= 11 is 0. The Morgan fingerprint density at radius 2 is 2.11 bits per heavy atom. The number of piperazine rings is 1. The van der Waals surface area contributed by atoms with E-state index in [-0.39, 0.29) is 12.5 Å². The van der Waals surface area contributed by atoms with Crippen LogP contribution in [0.25, 0.3) is 0 Å². The lowest BCUT2D eigenvalue weighted by Crippen LogP contribution is -2.52. The number of halogens is 1. The average molecular weight is 388 g/mol. The first-order valence-electron chi connectivity index (χ1n) is 9.34. The fourth-order valence-electron chi connectivity index (χ4n) is 3.01. The Kier molecular flexibility index (Phi) is 6.96. The van der Waals surface area contributed by atoms with Gasteiger partial charge in [-0.3, -0.25) is 9.69 Å². The summed E-state index contributed by atoms with van der Waals surface area (Å²) in [6, 6.07) is 7.68. The third kappa shape index (κ3) is 5.78. The Morgan fingerprint density at radius 1 is 1.29 bits per heavy atom. The average Bonchev–Trinajstić information content (AvgIpc) is 3.19. The van der Waals surface area contributed by atoms with Crippen LogP contribution in [0.3, 0.4) is 0 Å². The Morgan fingerprint density at radius 3 is 2.79 bits per heavy atom. The maximum absolute atomic E-state index is 13.2. The molecule has 1 amide bonds. The van der Waals surface area contributed by atoms with E-state index in [4.69, 9.17) is 4.52 Å². The smallest absolute Gasteiger partial charge is 0.246 e. The molecule has 2 N–H and O–H groups in total. The number of nitrogens with one attached hydrogen (secondary N) is 2. The molecule has 3 rings (SSSR count). The third-order valence-electron chi connectivity index (χ3n) is 4.36. The standard InChI is InChI=1S/C19H25FN6O2/c1-2-21-19(22-13-18(27)23-16-5-3-4-15(20)12-16)26-9-7-25(8-10-26)14-17-6-11-28-24-17/h3-6,11-12H,2,7-10,13-14H2,1H3,(H,21,22)(H,23,27). The second-order valence-corrected chi connectivity index (χ2v) is 6.48. The molecule has 9 heteroatoms. The van der Waals surface area contributed by atoms with Gasteiger partial charge in [-0.05, 0) is 25.1 Å². The molecule has 2 heterocycles. The van der Waals surface area contributed by atoms with Crippen molar-refractivity contribution in [1.29, 1.82) is 0 Å². The molecule has 28 heavy (non-hydrogen) atoms. The predicted octanol–water partition coefficient (Wildman–Crippen LogP) is 1.54. The van der Waals surface area contributed by atoms with Crippen LogP contribution in [0.4, 0.5) is 10.1 Å². The van der Waals surface area contributed by atoms with E-state index in [2.05, 4.69) is 30.6 Å². The Bertz CT molecular complexity index is 787. The lowest BCUT2D eigenvalue weighted by Gasteiger charge is -2.36. The van der Waals surface area contributed by atoms with Gasteiger partial charge in [-0.1, -0.05) is 11.2 Å². The zero-order valence-electron chi connectivity index (χ0n) is 15.9. The van der Waals surface area contributed by atoms with Gasteiger partial charge in [-0.25, -0.2) is 9.38 Å². The number of nitrogens with zero attached hydrogens (tertiary/aromatic N) is 4. The molecule has 1 fully saturated rings. The largest absolute Gasteiger partial charge is 0.364 e. The van der Waals surface area contributed by atoms with E-state index in [1.807, 2.05) is 13.0 Å². The number of hydrogen-bond donors (Lipinski definition) is 2. The van der Waals surface area contributed by atoms with Crippen LogP contribution in [0.1, 0.15) is 12.6 Å². The van der Waals surface area contributed by atoms with Crippen LogP contribution < -0.4 is 10.6 Å². The van der Waals surface area contributed by atoms with Crippen LogP contribution in [0, 0.1) is 5.82 Å². The van der Waals surface area contributed by atoms with Crippen LogP contribution in [0.2, 0.25) is 0 Å². The number of amides is 1. The van der Waals surface area contributed by atoms with Crippen LogP contribution in [-0.2, 0) is 11.3 Å². The fourth-order valence-corrected chi connectivity index (χ4v) is 3.01. The van der Waals surface area contributed by atoms with Gasteiger partial charge in [0, 0.05) is 51.0 Å². The summed E-state index contributed by atoms with van der Waals surface area (Å²) in [7, 11) is 0. The highest BCUT2D eigenvalue weighted by Gasteiger charge is 2.20. The molecule has 0 atom stereocenters. The number of aromatic nitrogens is 1. The van der Waals surface area contributed by atoms with Crippen molar-refractivity contribution < 1.29 is 13.7 Å². The van der Waals surface area contributed by atoms with Crippen LogP contribution in [-0.4, -0.2) is 66.1 Å². The number of rotatable bonds is 6. The van der Waals surface area contributed by atoms with Crippen molar-refractivity contribution in [2.75, 3.05) is 44.6 Å². The Labute approximate surface area is 163 Å². The van der Waals surface area contributed by atoms with E-state index < -0.39 is 5.82 Å². The zero-order chi connectivity index (χ0) is 19.8. The number of guanidine groups is 1.